The number of hydrogen-bond donors (Lipinski definition) is 1. The Balaban J connectivity index is 1.81. The number of nitrogens with one attached hydrogen (secondary N) is 1. The lowest BCUT2D eigenvalue weighted by Crippen LogP contribution is -2.27. The van der Waals surface area contributed by atoms with Gasteiger partial charge in [-0.2, -0.15) is 5.10 Å². The zero-order chi connectivity index (χ0) is 15.1. The Hall–Kier alpha value is -2.04. The predicted molar refractivity (Wildman–Crippen MR) is 81.7 cm³/mol. The van der Waals surface area contributed by atoms with Crippen LogP contribution in [-0.2, 0) is 4.79 Å². The maximum atomic E-state index is 11.8. The van der Waals surface area contributed by atoms with E-state index < -0.39 is 0 Å². The highest BCUT2D eigenvalue weighted by atomic mass is 16.5. The molecule has 2 rings (SSSR count). The molecule has 0 bridgehead atoms. The Morgan fingerprint density at radius 1 is 1.38 bits per heavy atom. The van der Waals surface area contributed by atoms with Crippen molar-refractivity contribution < 1.29 is 14.3 Å². The third kappa shape index (κ3) is 4.77. The summed E-state index contributed by atoms with van der Waals surface area (Å²) in [4.78, 5) is 11.8. The molecule has 0 radical (unpaired) electrons. The monoisotopic (exact) mass is 290 g/mol. The van der Waals surface area contributed by atoms with E-state index in [0.717, 1.165) is 25.0 Å². The molecule has 5 heteroatoms. The van der Waals surface area contributed by atoms with Crippen LogP contribution in [0.5, 0.6) is 11.5 Å². The van der Waals surface area contributed by atoms with Crippen LogP contribution in [0.2, 0.25) is 0 Å². The first kappa shape index (κ1) is 15.4. The Morgan fingerprint density at radius 2 is 2.14 bits per heavy atom. The summed E-state index contributed by atoms with van der Waals surface area (Å²) in [5.41, 5.74) is 3.63. The number of carbonyl (C=O) groups excluding carboxylic acids is 1. The molecule has 1 amide bonds. The lowest BCUT2D eigenvalue weighted by atomic mass is 9.89. The van der Waals surface area contributed by atoms with Crippen molar-refractivity contribution in [2.45, 2.75) is 32.6 Å². The molecule has 0 spiro atoms. The van der Waals surface area contributed by atoms with Gasteiger partial charge in [-0.25, -0.2) is 5.43 Å². The molecule has 1 aliphatic rings. The van der Waals surface area contributed by atoms with Gasteiger partial charge in [0.2, 0.25) is 0 Å². The van der Waals surface area contributed by atoms with Crippen LogP contribution in [-0.4, -0.2) is 25.3 Å². The van der Waals surface area contributed by atoms with Gasteiger partial charge < -0.3 is 9.47 Å². The van der Waals surface area contributed by atoms with Crippen molar-refractivity contribution >= 4 is 11.6 Å². The summed E-state index contributed by atoms with van der Waals surface area (Å²) in [5.74, 6) is 1.55. The van der Waals surface area contributed by atoms with E-state index in [4.69, 9.17) is 9.47 Å². The van der Waals surface area contributed by atoms with E-state index in [9.17, 15) is 4.79 Å². The lowest BCUT2D eigenvalue weighted by molar-refractivity contribution is -0.123. The summed E-state index contributed by atoms with van der Waals surface area (Å²) in [6.07, 6.45) is 4.32. The molecule has 5 nitrogen and oxygen atoms in total. The normalized spacial score (nSPS) is 20.1. The number of rotatable bonds is 5. The molecule has 21 heavy (non-hydrogen) atoms. The molecule has 1 N–H and O–H groups in total. The Labute approximate surface area is 125 Å². The molecule has 0 heterocycles. The highest BCUT2D eigenvalue weighted by molar-refractivity contribution is 5.87. The minimum atomic E-state index is -0.258. The Bertz CT molecular complexity index is 514. The van der Waals surface area contributed by atoms with Gasteiger partial charge in [0, 0.05) is 5.71 Å². The molecule has 1 atom stereocenters. The van der Waals surface area contributed by atoms with Gasteiger partial charge in [0.1, 0.15) is 0 Å². The van der Waals surface area contributed by atoms with Gasteiger partial charge in [-0.3, -0.25) is 4.79 Å². The van der Waals surface area contributed by atoms with Crippen LogP contribution in [0, 0.1) is 5.92 Å². The van der Waals surface area contributed by atoms with Crippen LogP contribution in [0.3, 0.4) is 0 Å². The minimum absolute atomic E-state index is 0.0767. The van der Waals surface area contributed by atoms with E-state index >= 15 is 0 Å². The Kier molecular flexibility index (Phi) is 5.60. The fraction of sp³-hybridized carbons (Fsp3) is 0.500. The van der Waals surface area contributed by atoms with Crippen LogP contribution >= 0.6 is 0 Å². The average Bonchev–Trinajstić information content (AvgIpc) is 2.51. The summed E-state index contributed by atoms with van der Waals surface area (Å²) in [7, 11) is 1.57. The highest BCUT2D eigenvalue weighted by Crippen LogP contribution is 2.25. The number of hydrazone groups is 1. The van der Waals surface area contributed by atoms with Crippen molar-refractivity contribution in [2.75, 3.05) is 13.7 Å². The predicted octanol–water partition coefficient (Wildman–Crippen LogP) is 2.76. The first-order chi connectivity index (χ1) is 10.2. The maximum absolute atomic E-state index is 11.8. The van der Waals surface area contributed by atoms with Gasteiger partial charge in [0.15, 0.2) is 18.1 Å². The fourth-order valence-electron chi connectivity index (χ4n) is 2.42. The topological polar surface area (TPSA) is 59.9 Å². The summed E-state index contributed by atoms with van der Waals surface area (Å²) in [6, 6.07) is 7.24. The molecular formula is C16H22N2O3. The van der Waals surface area contributed by atoms with Crippen molar-refractivity contribution in [3.63, 3.8) is 0 Å². The SMILES string of the molecule is COc1ccccc1OCC(=O)NN=C1CCCC(C)C1. The number of hydrogen-bond acceptors (Lipinski definition) is 4. The minimum Gasteiger partial charge on any atom is -0.493 e. The van der Waals surface area contributed by atoms with Crippen molar-refractivity contribution in [3.8, 4) is 11.5 Å². The second kappa shape index (κ2) is 7.67. The second-order valence-electron chi connectivity index (χ2n) is 5.35. The van der Waals surface area contributed by atoms with Gasteiger partial charge in [-0.1, -0.05) is 19.1 Å². The smallest absolute Gasteiger partial charge is 0.277 e. The zero-order valence-corrected chi connectivity index (χ0v) is 12.6. The van der Waals surface area contributed by atoms with Crippen molar-refractivity contribution in [3.05, 3.63) is 24.3 Å². The molecule has 1 unspecified atom stereocenters. The molecular weight excluding hydrogens is 268 g/mol. The largest absolute Gasteiger partial charge is 0.493 e. The van der Waals surface area contributed by atoms with E-state index in [1.54, 1.807) is 19.2 Å². The van der Waals surface area contributed by atoms with Gasteiger partial charge in [-0.05, 0) is 43.7 Å². The number of ether oxygens (including phenoxy) is 2. The first-order valence-electron chi connectivity index (χ1n) is 7.29. The first-order valence-corrected chi connectivity index (χ1v) is 7.29. The molecule has 1 aliphatic carbocycles. The van der Waals surface area contributed by atoms with Gasteiger partial charge in [0.25, 0.3) is 5.91 Å². The van der Waals surface area contributed by atoms with Crippen LogP contribution in [0.15, 0.2) is 29.4 Å². The van der Waals surface area contributed by atoms with Crippen molar-refractivity contribution in [1.29, 1.82) is 0 Å². The molecule has 0 aliphatic heterocycles. The lowest BCUT2D eigenvalue weighted by Gasteiger charge is -2.18. The highest BCUT2D eigenvalue weighted by Gasteiger charge is 2.14. The fourth-order valence-corrected chi connectivity index (χ4v) is 2.42. The summed E-state index contributed by atoms with van der Waals surface area (Å²) >= 11 is 0. The molecule has 1 saturated carbocycles. The molecule has 0 aromatic heterocycles. The number of methoxy groups -OCH3 is 1. The number of amides is 1. The van der Waals surface area contributed by atoms with Crippen molar-refractivity contribution in [2.24, 2.45) is 11.0 Å². The van der Waals surface area contributed by atoms with Crippen molar-refractivity contribution in [1.82, 2.24) is 5.43 Å². The van der Waals surface area contributed by atoms with Crippen LogP contribution < -0.4 is 14.9 Å². The molecule has 1 fully saturated rings. The van der Waals surface area contributed by atoms with Crippen LogP contribution in [0.4, 0.5) is 0 Å². The summed E-state index contributed by atoms with van der Waals surface area (Å²) in [5, 5.41) is 4.19. The summed E-state index contributed by atoms with van der Waals surface area (Å²) < 4.78 is 10.6. The average molecular weight is 290 g/mol. The molecule has 1 aromatic carbocycles. The van der Waals surface area contributed by atoms with E-state index in [1.807, 2.05) is 12.1 Å². The third-order valence-electron chi connectivity index (χ3n) is 3.51. The van der Waals surface area contributed by atoms with E-state index in [2.05, 4.69) is 17.5 Å². The molecule has 114 valence electrons. The number of nitrogens with zero attached hydrogens (tertiary/aromatic N) is 1. The van der Waals surface area contributed by atoms with E-state index in [1.165, 1.54) is 6.42 Å². The van der Waals surface area contributed by atoms with E-state index in [-0.39, 0.29) is 12.5 Å². The Morgan fingerprint density at radius 3 is 2.86 bits per heavy atom. The van der Waals surface area contributed by atoms with Gasteiger partial charge >= 0.3 is 0 Å². The van der Waals surface area contributed by atoms with Gasteiger partial charge in [0.05, 0.1) is 7.11 Å². The molecule has 0 saturated heterocycles. The maximum Gasteiger partial charge on any atom is 0.277 e. The standard InChI is InChI=1S/C16H22N2O3/c1-12-6-5-7-13(10-12)17-18-16(19)11-21-15-9-4-3-8-14(15)20-2/h3-4,8-9,12H,5-7,10-11H2,1-2H3,(H,18,19). The third-order valence-corrected chi connectivity index (χ3v) is 3.51. The number of carbonyl (C=O) groups is 1. The molecule has 1 aromatic rings. The zero-order valence-electron chi connectivity index (χ0n) is 12.6. The van der Waals surface area contributed by atoms with Crippen LogP contribution in [0.1, 0.15) is 32.6 Å². The number of para-hydroxylation sites is 2. The second-order valence-corrected chi connectivity index (χ2v) is 5.35. The quantitative estimate of drug-likeness (QED) is 0.848. The van der Waals surface area contributed by atoms with Crippen LogP contribution in [0.25, 0.3) is 0 Å². The number of benzene rings is 1. The summed E-state index contributed by atoms with van der Waals surface area (Å²) in [6.45, 7) is 2.13. The van der Waals surface area contributed by atoms with Gasteiger partial charge in [-0.15, -0.1) is 0 Å². The van der Waals surface area contributed by atoms with E-state index in [0.29, 0.717) is 17.4 Å².